The molecule has 3 amide bonds. The second-order valence-corrected chi connectivity index (χ2v) is 5.69. The highest BCUT2D eigenvalue weighted by molar-refractivity contribution is 6.35. The zero-order valence-corrected chi connectivity index (χ0v) is 13.4. The fraction of sp³-hybridized carbons (Fsp3) is 0.250. The molecular weight excluding hydrogens is 329 g/mol. The molecule has 0 spiro atoms. The lowest BCUT2D eigenvalue weighted by Crippen LogP contribution is -2.49. The number of halogens is 1. The second-order valence-electron chi connectivity index (χ2n) is 5.69. The highest BCUT2D eigenvalue weighted by Crippen LogP contribution is 2.18. The van der Waals surface area contributed by atoms with Crippen LogP contribution in [0.1, 0.15) is 28.9 Å². The molecule has 0 unspecified atom stereocenters. The summed E-state index contributed by atoms with van der Waals surface area (Å²) in [7, 11) is 0. The van der Waals surface area contributed by atoms with Gasteiger partial charge in [0.25, 0.3) is 5.91 Å². The van der Waals surface area contributed by atoms with Crippen molar-refractivity contribution in [3.05, 3.63) is 47.5 Å². The van der Waals surface area contributed by atoms with Gasteiger partial charge in [0.2, 0.25) is 0 Å². The van der Waals surface area contributed by atoms with Crippen LogP contribution in [0.25, 0.3) is 5.69 Å². The number of hydrazine groups is 1. The van der Waals surface area contributed by atoms with Crippen LogP contribution in [0.2, 0.25) is 0 Å². The van der Waals surface area contributed by atoms with Crippen molar-refractivity contribution in [2.45, 2.75) is 25.8 Å². The summed E-state index contributed by atoms with van der Waals surface area (Å²) in [5.74, 6) is -2.72. The Kier molecular flexibility index (Phi) is 4.46. The van der Waals surface area contributed by atoms with Crippen LogP contribution in [0.5, 0.6) is 0 Å². The number of nitrogens with one attached hydrogen (secondary N) is 3. The summed E-state index contributed by atoms with van der Waals surface area (Å²) < 4.78 is 14.5. The molecule has 0 saturated heterocycles. The largest absolute Gasteiger partial charge is 0.345 e. The molecule has 3 rings (SSSR count). The summed E-state index contributed by atoms with van der Waals surface area (Å²) in [6, 6.07) is 5.68. The molecule has 8 nitrogen and oxygen atoms in total. The van der Waals surface area contributed by atoms with E-state index in [0.29, 0.717) is 11.4 Å². The minimum Gasteiger partial charge on any atom is -0.345 e. The van der Waals surface area contributed by atoms with Gasteiger partial charge >= 0.3 is 11.8 Å². The molecule has 0 bridgehead atoms. The number of benzene rings is 1. The molecule has 1 saturated carbocycles. The first-order chi connectivity index (χ1) is 12.0. The van der Waals surface area contributed by atoms with Gasteiger partial charge in [-0.05, 0) is 44.0 Å². The zero-order valence-electron chi connectivity index (χ0n) is 13.4. The van der Waals surface area contributed by atoms with Crippen LogP contribution < -0.4 is 16.2 Å². The van der Waals surface area contributed by atoms with Crippen LogP contribution in [-0.2, 0) is 9.59 Å². The molecule has 130 valence electrons. The summed E-state index contributed by atoms with van der Waals surface area (Å²) in [5.41, 5.74) is 5.54. The van der Waals surface area contributed by atoms with Crippen molar-refractivity contribution in [1.82, 2.24) is 25.9 Å². The van der Waals surface area contributed by atoms with Crippen LogP contribution >= 0.6 is 0 Å². The molecule has 3 N–H and O–H groups in total. The predicted molar refractivity (Wildman–Crippen MR) is 85.0 cm³/mol. The number of hydrogen-bond acceptors (Lipinski definition) is 4. The first kappa shape index (κ1) is 16.6. The van der Waals surface area contributed by atoms with E-state index in [4.69, 9.17) is 0 Å². The maximum absolute atomic E-state index is 13.0. The van der Waals surface area contributed by atoms with Crippen molar-refractivity contribution < 1.29 is 18.8 Å². The standard InChI is InChI=1S/C16H16FN5O3/c1-9-13(8-18-22(9)12-6-2-10(17)3-7-12)14(23)20-21-16(25)15(24)19-11-4-5-11/h2-3,6-8,11H,4-5H2,1H3,(H,19,24)(H,20,23)(H,21,25). The minimum atomic E-state index is -0.941. The van der Waals surface area contributed by atoms with Crippen molar-refractivity contribution in [1.29, 1.82) is 0 Å². The normalized spacial score (nSPS) is 13.2. The Bertz CT molecular complexity index is 827. The van der Waals surface area contributed by atoms with Crippen LogP contribution in [0.15, 0.2) is 30.5 Å². The van der Waals surface area contributed by atoms with Crippen molar-refractivity contribution >= 4 is 17.7 Å². The van der Waals surface area contributed by atoms with Gasteiger partial charge in [0.15, 0.2) is 0 Å². The van der Waals surface area contributed by atoms with Gasteiger partial charge in [0.1, 0.15) is 5.82 Å². The predicted octanol–water partition coefficient (Wildman–Crippen LogP) is 0.359. The Balaban J connectivity index is 1.63. The number of nitrogens with zero attached hydrogens (tertiary/aromatic N) is 2. The lowest BCUT2D eigenvalue weighted by atomic mass is 10.2. The molecule has 0 atom stereocenters. The van der Waals surface area contributed by atoms with Crippen LogP contribution in [-0.4, -0.2) is 33.5 Å². The fourth-order valence-corrected chi connectivity index (χ4v) is 2.19. The van der Waals surface area contributed by atoms with Crippen molar-refractivity contribution in [3.63, 3.8) is 0 Å². The van der Waals surface area contributed by atoms with Gasteiger partial charge in [-0.25, -0.2) is 9.07 Å². The van der Waals surface area contributed by atoms with E-state index in [2.05, 4.69) is 21.3 Å². The van der Waals surface area contributed by atoms with Gasteiger partial charge < -0.3 is 5.32 Å². The Morgan fingerprint density at radius 1 is 1.12 bits per heavy atom. The molecule has 1 aromatic heterocycles. The minimum absolute atomic E-state index is 0.0464. The Morgan fingerprint density at radius 2 is 1.80 bits per heavy atom. The molecule has 25 heavy (non-hydrogen) atoms. The molecule has 1 heterocycles. The van der Waals surface area contributed by atoms with Gasteiger partial charge in [-0.1, -0.05) is 0 Å². The summed E-state index contributed by atoms with van der Waals surface area (Å²) in [6.45, 7) is 1.66. The monoisotopic (exact) mass is 345 g/mol. The highest BCUT2D eigenvalue weighted by Gasteiger charge is 2.26. The van der Waals surface area contributed by atoms with E-state index < -0.39 is 17.7 Å². The van der Waals surface area contributed by atoms with Gasteiger partial charge in [-0.15, -0.1) is 0 Å². The van der Waals surface area contributed by atoms with Crippen molar-refractivity contribution in [2.24, 2.45) is 0 Å². The Labute approximate surface area is 142 Å². The van der Waals surface area contributed by atoms with Gasteiger partial charge in [-0.2, -0.15) is 5.10 Å². The number of hydrogen-bond donors (Lipinski definition) is 3. The summed E-state index contributed by atoms with van der Waals surface area (Å²) >= 11 is 0. The number of amides is 3. The maximum atomic E-state index is 13.0. The number of rotatable bonds is 3. The highest BCUT2D eigenvalue weighted by atomic mass is 19.1. The van der Waals surface area contributed by atoms with E-state index in [-0.39, 0.29) is 17.4 Å². The number of aromatic nitrogens is 2. The average molecular weight is 345 g/mol. The van der Waals surface area contributed by atoms with Gasteiger partial charge in [0.05, 0.1) is 23.1 Å². The molecule has 0 aliphatic heterocycles. The smallest absolute Gasteiger partial charge is 0.327 e. The fourth-order valence-electron chi connectivity index (χ4n) is 2.19. The first-order valence-corrected chi connectivity index (χ1v) is 7.67. The van der Waals surface area contributed by atoms with E-state index in [0.717, 1.165) is 12.8 Å². The average Bonchev–Trinajstić information content (AvgIpc) is 3.33. The van der Waals surface area contributed by atoms with Crippen molar-refractivity contribution in [3.8, 4) is 5.69 Å². The second kappa shape index (κ2) is 6.71. The number of carbonyl (C=O) groups is 3. The molecule has 9 heteroatoms. The summed E-state index contributed by atoms with van der Waals surface area (Å²) in [4.78, 5) is 35.3. The van der Waals surface area contributed by atoms with Gasteiger partial charge in [0, 0.05) is 6.04 Å². The summed E-state index contributed by atoms with van der Waals surface area (Å²) in [5, 5.41) is 6.60. The topological polar surface area (TPSA) is 105 Å². The quantitative estimate of drug-likeness (QED) is 0.552. The third kappa shape index (κ3) is 3.82. The van der Waals surface area contributed by atoms with E-state index in [9.17, 15) is 18.8 Å². The lowest BCUT2D eigenvalue weighted by Gasteiger charge is -2.08. The van der Waals surface area contributed by atoms with E-state index in [1.807, 2.05) is 0 Å². The zero-order chi connectivity index (χ0) is 18.0. The number of carbonyl (C=O) groups excluding carboxylic acids is 3. The first-order valence-electron chi connectivity index (χ1n) is 7.67. The van der Waals surface area contributed by atoms with Crippen molar-refractivity contribution in [2.75, 3.05) is 0 Å². The molecular formula is C16H16FN5O3. The molecule has 1 aromatic carbocycles. The third-order valence-electron chi connectivity index (χ3n) is 3.73. The lowest BCUT2D eigenvalue weighted by molar-refractivity contribution is -0.139. The molecule has 1 aliphatic carbocycles. The van der Waals surface area contributed by atoms with Crippen LogP contribution in [0.3, 0.4) is 0 Å². The maximum Gasteiger partial charge on any atom is 0.327 e. The van der Waals surface area contributed by atoms with Crippen LogP contribution in [0.4, 0.5) is 4.39 Å². The third-order valence-corrected chi connectivity index (χ3v) is 3.73. The SMILES string of the molecule is Cc1c(C(=O)NNC(=O)C(=O)NC2CC2)cnn1-c1ccc(F)cc1. The van der Waals surface area contributed by atoms with Gasteiger partial charge in [-0.3, -0.25) is 25.2 Å². The summed E-state index contributed by atoms with van der Waals surface area (Å²) in [6.07, 6.45) is 3.03. The Morgan fingerprint density at radius 3 is 2.44 bits per heavy atom. The van der Waals surface area contributed by atoms with Crippen LogP contribution in [0, 0.1) is 12.7 Å². The van der Waals surface area contributed by atoms with E-state index in [1.54, 1.807) is 6.92 Å². The molecule has 0 radical (unpaired) electrons. The van der Waals surface area contributed by atoms with E-state index in [1.165, 1.54) is 35.1 Å². The molecule has 1 fully saturated rings. The molecule has 1 aliphatic rings. The Hall–Kier alpha value is -3.23. The van der Waals surface area contributed by atoms with E-state index >= 15 is 0 Å². The molecule has 2 aromatic rings.